The highest BCUT2D eigenvalue weighted by atomic mass is 16.5. The van der Waals surface area contributed by atoms with Crippen LogP contribution >= 0.6 is 0 Å². The van der Waals surface area contributed by atoms with Gasteiger partial charge in [-0.25, -0.2) is 0 Å². The molecule has 6 heteroatoms. The molecular weight excluding hydrogens is 412 g/mol. The lowest BCUT2D eigenvalue weighted by Crippen LogP contribution is -2.50. The summed E-state index contributed by atoms with van der Waals surface area (Å²) in [6, 6.07) is 16.6. The fourth-order valence-electron chi connectivity index (χ4n) is 4.36. The Kier molecular flexibility index (Phi) is 6.92. The van der Waals surface area contributed by atoms with E-state index in [1.54, 1.807) is 0 Å². The highest BCUT2D eigenvalue weighted by Crippen LogP contribution is 2.25. The predicted octanol–water partition coefficient (Wildman–Crippen LogP) is 4.36. The van der Waals surface area contributed by atoms with Crippen LogP contribution in [0.25, 0.3) is 11.3 Å². The van der Waals surface area contributed by atoms with E-state index < -0.39 is 0 Å². The second-order valence-electron chi connectivity index (χ2n) is 8.71. The molecule has 1 aromatic heterocycles. The van der Waals surface area contributed by atoms with Crippen LogP contribution < -0.4 is 9.64 Å². The number of amides is 1. The van der Waals surface area contributed by atoms with Crippen LogP contribution in [0.4, 0.5) is 5.82 Å². The van der Waals surface area contributed by atoms with Crippen molar-refractivity contribution in [1.82, 2.24) is 15.1 Å². The number of anilines is 1. The fourth-order valence-corrected chi connectivity index (χ4v) is 4.36. The summed E-state index contributed by atoms with van der Waals surface area (Å²) in [5.74, 6) is 1.68. The first-order valence-electron chi connectivity index (χ1n) is 11.6. The van der Waals surface area contributed by atoms with Crippen molar-refractivity contribution < 1.29 is 9.53 Å². The second-order valence-corrected chi connectivity index (χ2v) is 8.71. The number of aryl methyl sites for hydroxylation is 4. The number of aromatic nitrogens is 2. The van der Waals surface area contributed by atoms with Gasteiger partial charge in [-0.05, 0) is 56.0 Å². The molecule has 0 spiro atoms. The van der Waals surface area contributed by atoms with Crippen molar-refractivity contribution in [3.05, 3.63) is 70.8 Å². The maximum Gasteiger partial charge on any atom is 0.260 e. The van der Waals surface area contributed by atoms with Gasteiger partial charge in [0, 0.05) is 31.7 Å². The van der Waals surface area contributed by atoms with Crippen LogP contribution in [0, 0.1) is 20.8 Å². The molecule has 1 aliphatic heterocycles. The Bertz CT molecular complexity index is 1080. The first-order chi connectivity index (χ1) is 15.9. The molecule has 2 heterocycles. The van der Waals surface area contributed by atoms with E-state index in [9.17, 15) is 4.79 Å². The summed E-state index contributed by atoms with van der Waals surface area (Å²) in [6.45, 7) is 11.1. The molecule has 0 bridgehead atoms. The summed E-state index contributed by atoms with van der Waals surface area (Å²) in [6.07, 6.45) is 1.02. The lowest BCUT2D eigenvalue weighted by atomic mass is 10.1. The molecule has 0 N–H and O–H groups in total. The van der Waals surface area contributed by atoms with Gasteiger partial charge < -0.3 is 14.5 Å². The number of hydrogen-bond acceptors (Lipinski definition) is 5. The zero-order chi connectivity index (χ0) is 23.4. The Balaban J connectivity index is 1.30. The fraction of sp³-hybridized carbons (Fsp3) is 0.370. The third-order valence-corrected chi connectivity index (χ3v) is 6.21. The van der Waals surface area contributed by atoms with Gasteiger partial charge in [0.25, 0.3) is 5.91 Å². The van der Waals surface area contributed by atoms with E-state index in [4.69, 9.17) is 4.74 Å². The van der Waals surface area contributed by atoms with Crippen LogP contribution in [0.3, 0.4) is 0 Å². The number of carbonyl (C=O) groups is 1. The van der Waals surface area contributed by atoms with Crippen LogP contribution in [-0.2, 0) is 11.2 Å². The molecule has 6 nitrogen and oxygen atoms in total. The van der Waals surface area contributed by atoms with Crippen molar-refractivity contribution in [2.45, 2.75) is 34.1 Å². The number of ether oxygens (including phenoxy) is 1. The van der Waals surface area contributed by atoms with Crippen molar-refractivity contribution in [1.29, 1.82) is 0 Å². The smallest absolute Gasteiger partial charge is 0.260 e. The Morgan fingerprint density at radius 1 is 0.909 bits per heavy atom. The third-order valence-electron chi connectivity index (χ3n) is 6.21. The molecule has 3 aromatic rings. The van der Waals surface area contributed by atoms with E-state index in [2.05, 4.69) is 65.3 Å². The number of benzene rings is 2. The Hall–Kier alpha value is -3.41. The van der Waals surface area contributed by atoms with Gasteiger partial charge in [0.05, 0.1) is 5.69 Å². The number of rotatable bonds is 6. The van der Waals surface area contributed by atoms with E-state index in [1.165, 1.54) is 11.1 Å². The van der Waals surface area contributed by atoms with Crippen LogP contribution in [0.1, 0.15) is 29.2 Å². The summed E-state index contributed by atoms with van der Waals surface area (Å²) < 4.78 is 5.89. The van der Waals surface area contributed by atoms with Crippen molar-refractivity contribution in [2.75, 3.05) is 37.7 Å². The van der Waals surface area contributed by atoms with Crippen LogP contribution in [-0.4, -0.2) is 53.8 Å². The molecular formula is C27H32N4O2. The van der Waals surface area contributed by atoms with Gasteiger partial charge in [-0.2, -0.15) is 0 Å². The van der Waals surface area contributed by atoms with Gasteiger partial charge in [-0.1, -0.05) is 48.9 Å². The van der Waals surface area contributed by atoms with E-state index in [1.807, 2.05) is 30.9 Å². The number of nitrogens with zero attached hydrogens (tertiary/aromatic N) is 4. The maximum absolute atomic E-state index is 12.7. The number of carbonyl (C=O) groups excluding carboxylic acids is 1. The quantitative estimate of drug-likeness (QED) is 0.565. The zero-order valence-corrected chi connectivity index (χ0v) is 20.0. The largest absolute Gasteiger partial charge is 0.483 e. The van der Waals surface area contributed by atoms with E-state index in [-0.39, 0.29) is 12.5 Å². The van der Waals surface area contributed by atoms with Crippen LogP contribution in [0.15, 0.2) is 48.5 Å². The van der Waals surface area contributed by atoms with Crippen molar-refractivity contribution in [3.63, 3.8) is 0 Å². The maximum atomic E-state index is 12.7. The lowest BCUT2D eigenvalue weighted by molar-refractivity contribution is -0.133. The van der Waals surface area contributed by atoms with E-state index in [0.717, 1.165) is 53.5 Å². The van der Waals surface area contributed by atoms with Crippen molar-refractivity contribution in [3.8, 4) is 17.0 Å². The SMILES string of the molecule is CCc1ccc(-c2ccc(N3CCN(C(=O)COc4c(C)cc(C)cc4C)CC3)nn2)cc1. The molecule has 1 fully saturated rings. The van der Waals surface area contributed by atoms with E-state index in [0.29, 0.717) is 13.1 Å². The molecule has 172 valence electrons. The molecule has 0 atom stereocenters. The summed E-state index contributed by atoms with van der Waals surface area (Å²) >= 11 is 0. The molecule has 1 saturated heterocycles. The molecule has 1 aliphatic rings. The molecule has 1 amide bonds. The second kappa shape index (κ2) is 10.0. The first-order valence-corrected chi connectivity index (χ1v) is 11.6. The average molecular weight is 445 g/mol. The highest BCUT2D eigenvalue weighted by Gasteiger charge is 2.23. The van der Waals surface area contributed by atoms with Gasteiger partial charge in [-0.15, -0.1) is 10.2 Å². The summed E-state index contributed by atoms with van der Waals surface area (Å²) in [7, 11) is 0. The number of hydrogen-bond donors (Lipinski definition) is 0. The minimum absolute atomic E-state index is 0.0194. The summed E-state index contributed by atoms with van der Waals surface area (Å²) in [5, 5.41) is 8.87. The third kappa shape index (κ3) is 5.33. The van der Waals surface area contributed by atoms with Crippen LogP contribution in [0.2, 0.25) is 0 Å². The average Bonchev–Trinajstić information content (AvgIpc) is 2.83. The Labute approximate surface area is 196 Å². The van der Waals surface area contributed by atoms with Gasteiger partial charge in [0.2, 0.25) is 0 Å². The summed E-state index contributed by atoms with van der Waals surface area (Å²) in [4.78, 5) is 16.7. The molecule has 0 unspecified atom stereocenters. The molecule has 33 heavy (non-hydrogen) atoms. The minimum atomic E-state index is 0.0194. The highest BCUT2D eigenvalue weighted by molar-refractivity contribution is 5.78. The first kappa shape index (κ1) is 22.8. The molecule has 0 radical (unpaired) electrons. The van der Waals surface area contributed by atoms with Gasteiger partial charge in [-0.3, -0.25) is 4.79 Å². The molecule has 0 aliphatic carbocycles. The van der Waals surface area contributed by atoms with E-state index >= 15 is 0 Å². The zero-order valence-electron chi connectivity index (χ0n) is 20.0. The minimum Gasteiger partial charge on any atom is -0.483 e. The van der Waals surface area contributed by atoms with Gasteiger partial charge in [0.15, 0.2) is 12.4 Å². The molecule has 4 rings (SSSR count). The van der Waals surface area contributed by atoms with Gasteiger partial charge >= 0.3 is 0 Å². The lowest BCUT2D eigenvalue weighted by Gasteiger charge is -2.35. The predicted molar refractivity (Wildman–Crippen MR) is 132 cm³/mol. The normalized spacial score (nSPS) is 13.8. The standard InChI is InChI=1S/C27H32N4O2/c1-5-22-6-8-23(9-7-22)24-10-11-25(29-28-24)30-12-14-31(15-13-30)26(32)18-33-27-20(3)16-19(2)17-21(27)4/h6-11,16-17H,5,12-15,18H2,1-4H3. The Morgan fingerprint density at radius 3 is 2.15 bits per heavy atom. The Morgan fingerprint density at radius 2 is 1.58 bits per heavy atom. The van der Waals surface area contributed by atoms with Crippen molar-refractivity contribution in [2.24, 2.45) is 0 Å². The number of piperazine rings is 1. The monoisotopic (exact) mass is 444 g/mol. The van der Waals surface area contributed by atoms with Crippen molar-refractivity contribution >= 4 is 11.7 Å². The molecule has 2 aromatic carbocycles. The summed E-state index contributed by atoms with van der Waals surface area (Å²) in [5.41, 5.74) is 6.58. The van der Waals surface area contributed by atoms with Crippen LogP contribution in [0.5, 0.6) is 5.75 Å². The van der Waals surface area contributed by atoms with Gasteiger partial charge in [0.1, 0.15) is 5.75 Å². The molecule has 0 saturated carbocycles. The topological polar surface area (TPSA) is 58.6 Å².